The quantitative estimate of drug-likeness (QED) is 0.543. The molecule has 7 heteroatoms. The molecule has 0 unspecified atom stereocenters. The number of aromatic nitrogens is 1. The molecule has 0 saturated heterocycles. The van der Waals surface area contributed by atoms with Gasteiger partial charge in [-0.15, -0.1) is 0 Å². The molecule has 3 aromatic rings. The third-order valence-electron chi connectivity index (χ3n) is 3.27. The molecule has 2 amide bonds. The predicted molar refractivity (Wildman–Crippen MR) is 103 cm³/mol. The van der Waals surface area contributed by atoms with Crippen LogP contribution in [0.25, 0.3) is 0 Å². The van der Waals surface area contributed by atoms with Crippen molar-refractivity contribution in [2.24, 2.45) is 0 Å². The minimum atomic E-state index is -0.367. The van der Waals surface area contributed by atoms with E-state index in [2.05, 4.69) is 20.9 Å². The van der Waals surface area contributed by atoms with E-state index in [0.29, 0.717) is 32.9 Å². The van der Waals surface area contributed by atoms with E-state index < -0.39 is 0 Å². The number of nitrogens with zero attached hydrogens (tertiary/aromatic N) is 1. The zero-order valence-corrected chi connectivity index (χ0v) is 14.5. The number of rotatable bonds is 4. The molecule has 0 aliphatic rings. The number of anilines is 4. The Bertz CT molecular complexity index is 850. The molecule has 0 saturated carbocycles. The van der Waals surface area contributed by atoms with E-state index in [1.165, 1.54) is 0 Å². The van der Waals surface area contributed by atoms with Crippen LogP contribution >= 0.6 is 23.2 Å². The van der Waals surface area contributed by atoms with Crippen LogP contribution in [0.5, 0.6) is 0 Å². The van der Waals surface area contributed by atoms with Gasteiger partial charge in [0.25, 0.3) is 0 Å². The molecule has 0 spiro atoms. The average Bonchev–Trinajstić information content (AvgIpc) is 2.60. The normalized spacial score (nSPS) is 10.2. The van der Waals surface area contributed by atoms with Gasteiger partial charge in [-0.3, -0.25) is 5.32 Å². The maximum absolute atomic E-state index is 11.9. The van der Waals surface area contributed by atoms with Crippen LogP contribution in [0.2, 0.25) is 10.0 Å². The number of benzene rings is 2. The van der Waals surface area contributed by atoms with Gasteiger partial charge < -0.3 is 10.6 Å². The second-order valence-corrected chi connectivity index (χ2v) is 5.91. The Hall–Kier alpha value is -2.76. The molecule has 0 atom stereocenters. The summed E-state index contributed by atoms with van der Waals surface area (Å²) in [6, 6.07) is 17.5. The summed E-state index contributed by atoms with van der Waals surface area (Å²) >= 11 is 12.2. The van der Waals surface area contributed by atoms with E-state index in [1.54, 1.807) is 48.7 Å². The second-order valence-electron chi connectivity index (χ2n) is 5.10. The van der Waals surface area contributed by atoms with Crippen molar-refractivity contribution >= 4 is 52.1 Å². The lowest BCUT2D eigenvalue weighted by molar-refractivity contribution is 0.262. The first-order valence-electron chi connectivity index (χ1n) is 7.42. The largest absolute Gasteiger partial charge is 0.352 e. The molecule has 0 aliphatic heterocycles. The van der Waals surface area contributed by atoms with Gasteiger partial charge in [0.05, 0.1) is 27.6 Å². The van der Waals surface area contributed by atoms with E-state index in [4.69, 9.17) is 23.2 Å². The van der Waals surface area contributed by atoms with E-state index >= 15 is 0 Å². The van der Waals surface area contributed by atoms with Crippen molar-refractivity contribution in [3.05, 3.63) is 76.9 Å². The minimum absolute atomic E-state index is 0.367. The molecule has 126 valence electrons. The lowest BCUT2D eigenvalue weighted by Crippen LogP contribution is -2.19. The first kappa shape index (κ1) is 17.1. The third-order valence-corrected chi connectivity index (χ3v) is 3.90. The van der Waals surface area contributed by atoms with Crippen molar-refractivity contribution in [2.45, 2.75) is 0 Å². The number of para-hydroxylation sites is 2. The number of amides is 2. The number of halogens is 2. The fraction of sp³-hybridized carbons (Fsp3) is 0. The molecule has 0 aliphatic carbocycles. The van der Waals surface area contributed by atoms with Crippen LogP contribution < -0.4 is 16.0 Å². The highest BCUT2D eigenvalue weighted by Gasteiger charge is 2.07. The molecule has 3 N–H and O–H groups in total. The van der Waals surface area contributed by atoms with Crippen LogP contribution in [-0.4, -0.2) is 11.0 Å². The summed E-state index contributed by atoms with van der Waals surface area (Å²) in [5, 5.41) is 9.51. The number of nitrogens with one attached hydrogen (secondary N) is 3. The Balaban J connectivity index is 1.63. The van der Waals surface area contributed by atoms with Gasteiger partial charge in [0.2, 0.25) is 0 Å². The van der Waals surface area contributed by atoms with Gasteiger partial charge in [-0.05, 0) is 36.4 Å². The number of carbonyl (C=O) groups excluding carboxylic acids is 1. The zero-order valence-electron chi connectivity index (χ0n) is 13.0. The fourth-order valence-corrected chi connectivity index (χ4v) is 2.60. The van der Waals surface area contributed by atoms with Crippen molar-refractivity contribution in [2.75, 3.05) is 16.0 Å². The van der Waals surface area contributed by atoms with Gasteiger partial charge >= 0.3 is 6.03 Å². The summed E-state index contributed by atoms with van der Waals surface area (Å²) < 4.78 is 0. The van der Waals surface area contributed by atoms with Gasteiger partial charge in [0.1, 0.15) is 5.82 Å². The summed E-state index contributed by atoms with van der Waals surface area (Å²) in [6.45, 7) is 0. The monoisotopic (exact) mass is 372 g/mol. The van der Waals surface area contributed by atoms with Crippen LogP contribution in [0.4, 0.5) is 27.7 Å². The first-order valence-corrected chi connectivity index (χ1v) is 8.17. The Morgan fingerprint density at radius 3 is 2.16 bits per heavy atom. The highest BCUT2D eigenvalue weighted by atomic mass is 35.5. The Morgan fingerprint density at radius 1 is 0.800 bits per heavy atom. The first-order chi connectivity index (χ1) is 12.1. The van der Waals surface area contributed by atoms with Crippen LogP contribution in [0.3, 0.4) is 0 Å². The van der Waals surface area contributed by atoms with Gasteiger partial charge in [-0.25, -0.2) is 9.78 Å². The van der Waals surface area contributed by atoms with Crippen LogP contribution in [0, 0.1) is 0 Å². The Labute approximate surface area is 155 Å². The number of carbonyl (C=O) groups is 1. The molecule has 0 bridgehead atoms. The third kappa shape index (κ3) is 4.62. The van der Waals surface area contributed by atoms with Gasteiger partial charge in [-0.2, -0.15) is 0 Å². The van der Waals surface area contributed by atoms with Crippen molar-refractivity contribution in [3.63, 3.8) is 0 Å². The second kappa shape index (κ2) is 7.88. The maximum Gasteiger partial charge on any atom is 0.324 e. The number of urea groups is 1. The Kier molecular flexibility index (Phi) is 5.38. The summed E-state index contributed by atoms with van der Waals surface area (Å²) in [7, 11) is 0. The standard InChI is InChI=1S/C18H14Cl2N4O/c19-14-7-4-8-15(20)17(14)22-13-9-10-16(21-11-13)24-18(25)23-12-5-2-1-3-6-12/h1-11,22H,(H2,21,23,24,25). The topological polar surface area (TPSA) is 66.1 Å². The molecule has 25 heavy (non-hydrogen) atoms. The van der Waals surface area contributed by atoms with Crippen molar-refractivity contribution < 1.29 is 4.79 Å². The highest BCUT2D eigenvalue weighted by molar-refractivity contribution is 6.39. The van der Waals surface area contributed by atoms with Crippen molar-refractivity contribution in [3.8, 4) is 0 Å². The van der Waals surface area contributed by atoms with Crippen molar-refractivity contribution in [1.29, 1.82) is 0 Å². The molecular formula is C18H14Cl2N4O. The maximum atomic E-state index is 11.9. The molecule has 2 aromatic carbocycles. The van der Waals surface area contributed by atoms with Gasteiger partial charge in [0.15, 0.2) is 0 Å². The average molecular weight is 373 g/mol. The molecule has 5 nitrogen and oxygen atoms in total. The molecule has 1 heterocycles. The molecule has 0 fully saturated rings. The molecule has 3 rings (SSSR count). The SMILES string of the molecule is O=C(Nc1ccccc1)Nc1ccc(Nc2c(Cl)cccc2Cl)cn1. The summed E-state index contributed by atoms with van der Waals surface area (Å²) in [5.74, 6) is 0.421. The highest BCUT2D eigenvalue weighted by Crippen LogP contribution is 2.32. The van der Waals surface area contributed by atoms with E-state index in [1.807, 2.05) is 18.2 Å². The lowest BCUT2D eigenvalue weighted by atomic mass is 10.3. The van der Waals surface area contributed by atoms with E-state index in [0.717, 1.165) is 0 Å². The van der Waals surface area contributed by atoms with Crippen LogP contribution in [-0.2, 0) is 0 Å². The van der Waals surface area contributed by atoms with Gasteiger partial charge in [0, 0.05) is 5.69 Å². The lowest BCUT2D eigenvalue weighted by Gasteiger charge is -2.11. The number of hydrogen-bond acceptors (Lipinski definition) is 3. The minimum Gasteiger partial charge on any atom is -0.352 e. The molecule has 1 aromatic heterocycles. The van der Waals surface area contributed by atoms with Gasteiger partial charge in [-0.1, -0.05) is 47.5 Å². The van der Waals surface area contributed by atoms with Crippen molar-refractivity contribution in [1.82, 2.24) is 4.98 Å². The smallest absolute Gasteiger partial charge is 0.324 e. The van der Waals surface area contributed by atoms with E-state index in [9.17, 15) is 4.79 Å². The summed E-state index contributed by atoms with van der Waals surface area (Å²) in [4.78, 5) is 16.1. The molecule has 0 radical (unpaired) electrons. The predicted octanol–water partition coefficient (Wildman–Crippen LogP) is 5.78. The van der Waals surface area contributed by atoms with Crippen LogP contribution in [0.15, 0.2) is 66.9 Å². The van der Waals surface area contributed by atoms with E-state index in [-0.39, 0.29) is 6.03 Å². The fourth-order valence-electron chi connectivity index (χ4n) is 2.10. The number of hydrogen-bond donors (Lipinski definition) is 3. The van der Waals surface area contributed by atoms with Crippen LogP contribution in [0.1, 0.15) is 0 Å². The summed E-state index contributed by atoms with van der Waals surface area (Å²) in [6.07, 6.45) is 1.58. The Morgan fingerprint density at radius 2 is 1.52 bits per heavy atom. The number of pyridine rings is 1. The molecular weight excluding hydrogens is 359 g/mol. The zero-order chi connectivity index (χ0) is 17.6. The summed E-state index contributed by atoms with van der Waals surface area (Å²) in [5.41, 5.74) is 2.01.